The standard InChI is InChI=1S/C18H18ClNO2S/c1-20(11-12-3-6-15(23-2)7-4-12)18(21)17-10-13-9-14(19)5-8-16(13)22-17/h3-9,17H,10-11H2,1-2H3/t17-/m1/s1. The number of nitrogens with zero attached hydrogens (tertiary/aromatic N) is 1. The third-order valence-corrected chi connectivity index (χ3v) is 4.91. The number of halogens is 1. The molecule has 1 aliphatic heterocycles. The molecular formula is C18H18ClNO2S. The lowest BCUT2D eigenvalue weighted by molar-refractivity contribution is -0.137. The highest BCUT2D eigenvalue weighted by Crippen LogP contribution is 2.31. The molecule has 3 nitrogen and oxygen atoms in total. The maximum Gasteiger partial charge on any atom is 0.264 e. The summed E-state index contributed by atoms with van der Waals surface area (Å²) in [4.78, 5) is 15.5. The Morgan fingerprint density at radius 2 is 2.04 bits per heavy atom. The summed E-state index contributed by atoms with van der Waals surface area (Å²) in [5, 5.41) is 0.669. The van der Waals surface area contributed by atoms with Crippen molar-refractivity contribution >= 4 is 29.3 Å². The Morgan fingerprint density at radius 1 is 1.30 bits per heavy atom. The molecule has 1 heterocycles. The molecule has 0 aromatic heterocycles. The molecule has 2 aromatic carbocycles. The summed E-state index contributed by atoms with van der Waals surface area (Å²) in [6.07, 6.45) is 2.16. The van der Waals surface area contributed by atoms with E-state index in [1.807, 2.05) is 25.4 Å². The van der Waals surface area contributed by atoms with Crippen LogP contribution in [0.4, 0.5) is 0 Å². The molecule has 1 atom stereocenters. The van der Waals surface area contributed by atoms with Gasteiger partial charge in [0.15, 0.2) is 6.10 Å². The number of ether oxygens (including phenoxy) is 1. The van der Waals surface area contributed by atoms with Crippen LogP contribution in [0.5, 0.6) is 5.75 Å². The first kappa shape index (κ1) is 16.2. The van der Waals surface area contributed by atoms with Crippen LogP contribution in [-0.2, 0) is 17.8 Å². The fraction of sp³-hybridized carbons (Fsp3) is 0.278. The van der Waals surface area contributed by atoms with E-state index >= 15 is 0 Å². The fourth-order valence-corrected chi connectivity index (χ4v) is 3.29. The molecule has 1 aliphatic rings. The first-order valence-electron chi connectivity index (χ1n) is 7.40. The molecule has 5 heteroatoms. The average Bonchev–Trinajstić information content (AvgIpc) is 2.97. The van der Waals surface area contributed by atoms with Crippen LogP contribution in [0.2, 0.25) is 5.02 Å². The first-order valence-corrected chi connectivity index (χ1v) is 9.00. The Morgan fingerprint density at radius 3 is 2.74 bits per heavy atom. The Balaban J connectivity index is 1.64. The molecule has 0 spiro atoms. The monoisotopic (exact) mass is 347 g/mol. The van der Waals surface area contributed by atoms with Crippen molar-refractivity contribution in [2.75, 3.05) is 13.3 Å². The van der Waals surface area contributed by atoms with Crippen molar-refractivity contribution in [2.24, 2.45) is 0 Å². The lowest BCUT2D eigenvalue weighted by atomic mass is 10.1. The van der Waals surface area contributed by atoms with Crippen molar-refractivity contribution < 1.29 is 9.53 Å². The molecule has 1 amide bonds. The van der Waals surface area contributed by atoms with Gasteiger partial charge in [0.25, 0.3) is 5.91 Å². The number of benzene rings is 2. The van der Waals surface area contributed by atoms with E-state index in [9.17, 15) is 4.79 Å². The highest BCUT2D eigenvalue weighted by atomic mass is 35.5. The Kier molecular flexibility index (Phi) is 4.83. The van der Waals surface area contributed by atoms with E-state index in [1.54, 1.807) is 22.7 Å². The van der Waals surface area contributed by atoms with Gasteiger partial charge < -0.3 is 9.64 Å². The van der Waals surface area contributed by atoms with Crippen LogP contribution >= 0.6 is 23.4 Å². The number of thioether (sulfide) groups is 1. The van der Waals surface area contributed by atoms with Crippen LogP contribution in [0.15, 0.2) is 47.4 Å². The maximum atomic E-state index is 12.6. The summed E-state index contributed by atoms with van der Waals surface area (Å²) < 4.78 is 5.77. The van der Waals surface area contributed by atoms with Gasteiger partial charge in [0.1, 0.15) is 5.75 Å². The average molecular weight is 348 g/mol. The van der Waals surface area contributed by atoms with Gasteiger partial charge in [-0.15, -0.1) is 11.8 Å². The molecule has 0 unspecified atom stereocenters. The smallest absolute Gasteiger partial charge is 0.264 e. The van der Waals surface area contributed by atoms with Gasteiger partial charge in [-0.3, -0.25) is 4.79 Å². The second-order valence-electron chi connectivity index (χ2n) is 5.61. The van der Waals surface area contributed by atoms with Crippen LogP contribution in [0.25, 0.3) is 0 Å². The van der Waals surface area contributed by atoms with Gasteiger partial charge in [0.05, 0.1) is 0 Å². The lowest BCUT2D eigenvalue weighted by Gasteiger charge is -2.21. The fourth-order valence-electron chi connectivity index (χ4n) is 2.68. The molecule has 0 radical (unpaired) electrons. The molecule has 2 aromatic rings. The lowest BCUT2D eigenvalue weighted by Crippen LogP contribution is -2.38. The second-order valence-corrected chi connectivity index (χ2v) is 6.92. The van der Waals surface area contributed by atoms with Crippen LogP contribution in [-0.4, -0.2) is 30.2 Å². The van der Waals surface area contributed by atoms with Gasteiger partial charge in [-0.05, 0) is 47.7 Å². The molecule has 0 saturated carbocycles. The topological polar surface area (TPSA) is 29.5 Å². The van der Waals surface area contributed by atoms with Crippen molar-refractivity contribution in [1.29, 1.82) is 0 Å². The molecule has 120 valence electrons. The molecule has 0 aliphatic carbocycles. The number of fused-ring (bicyclic) bond motifs is 1. The van der Waals surface area contributed by atoms with Crippen LogP contribution in [0.3, 0.4) is 0 Å². The number of hydrogen-bond donors (Lipinski definition) is 0. The highest BCUT2D eigenvalue weighted by Gasteiger charge is 2.31. The summed E-state index contributed by atoms with van der Waals surface area (Å²) in [7, 11) is 1.81. The van der Waals surface area contributed by atoms with E-state index < -0.39 is 6.10 Å². The predicted molar refractivity (Wildman–Crippen MR) is 94.3 cm³/mol. The van der Waals surface area contributed by atoms with Gasteiger partial charge in [-0.25, -0.2) is 0 Å². The van der Waals surface area contributed by atoms with E-state index in [0.717, 1.165) is 16.9 Å². The number of rotatable bonds is 4. The van der Waals surface area contributed by atoms with E-state index in [-0.39, 0.29) is 5.91 Å². The number of hydrogen-bond acceptors (Lipinski definition) is 3. The number of amides is 1. The predicted octanol–water partition coefficient (Wildman–Crippen LogP) is 4.02. The van der Waals surface area contributed by atoms with Crippen molar-refractivity contribution in [3.8, 4) is 5.75 Å². The maximum absolute atomic E-state index is 12.6. The summed E-state index contributed by atoms with van der Waals surface area (Å²) >= 11 is 7.70. The number of carbonyl (C=O) groups is 1. The molecule has 0 fully saturated rings. The minimum Gasteiger partial charge on any atom is -0.480 e. The van der Waals surface area contributed by atoms with Crippen molar-refractivity contribution in [3.63, 3.8) is 0 Å². The van der Waals surface area contributed by atoms with Crippen molar-refractivity contribution in [1.82, 2.24) is 4.90 Å². The molecule has 0 bridgehead atoms. The van der Waals surface area contributed by atoms with Crippen LogP contribution < -0.4 is 4.74 Å². The van der Waals surface area contributed by atoms with Gasteiger partial charge in [0.2, 0.25) is 0 Å². The molecule has 0 saturated heterocycles. The van der Waals surface area contributed by atoms with Crippen LogP contribution in [0, 0.1) is 0 Å². The summed E-state index contributed by atoms with van der Waals surface area (Å²) in [6, 6.07) is 13.7. The van der Waals surface area contributed by atoms with E-state index in [0.29, 0.717) is 18.0 Å². The van der Waals surface area contributed by atoms with Crippen LogP contribution in [0.1, 0.15) is 11.1 Å². The normalized spacial score (nSPS) is 15.9. The Labute approximate surface area is 145 Å². The molecule has 3 rings (SSSR count). The summed E-state index contributed by atoms with van der Waals surface area (Å²) in [5.74, 6) is 0.747. The largest absolute Gasteiger partial charge is 0.480 e. The third-order valence-electron chi connectivity index (χ3n) is 3.93. The van der Waals surface area contributed by atoms with E-state index in [4.69, 9.17) is 16.3 Å². The Hall–Kier alpha value is -1.65. The molecule has 0 N–H and O–H groups in total. The number of likely N-dealkylation sites (N-methyl/N-ethyl adjacent to an activating group) is 1. The van der Waals surface area contributed by atoms with Crippen molar-refractivity contribution in [3.05, 3.63) is 58.6 Å². The SMILES string of the molecule is CSc1ccc(CN(C)C(=O)[C@H]2Cc3cc(Cl)ccc3O2)cc1. The van der Waals surface area contributed by atoms with Crippen molar-refractivity contribution in [2.45, 2.75) is 24.0 Å². The highest BCUT2D eigenvalue weighted by molar-refractivity contribution is 7.98. The minimum absolute atomic E-state index is 0.00809. The third kappa shape index (κ3) is 3.65. The molecule has 23 heavy (non-hydrogen) atoms. The van der Waals surface area contributed by atoms with E-state index in [1.165, 1.54) is 4.90 Å². The van der Waals surface area contributed by atoms with E-state index in [2.05, 4.69) is 24.3 Å². The minimum atomic E-state index is -0.459. The van der Waals surface area contributed by atoms with Gasteiger partial charge in [-0.1, -0.05) is 23.7 Å². The zero-order valence-corrected chi connectivity index (χ0v) is 14.7. The van der Waals surface area contributed by atoms with Gasteiger partial charge >= 0.3 is 0 Å². The molecular weight excluding hydrogens is 330 g/mol. The van der Waals surface area contributed by atoms with Gasteiger partial charge in [-0.2, -0.15) is 0 Å². The number of carbonyl (C=O) groups excluding carboxylic acids is 1. The first-order chi connectivity index (χ1) is 11.1. The summed E-state index contributed by atoms with van der Waals surface area (Å²) in [5.41, 5.74) is 2.10. The van der Waals surface area contributed by atoms with Gasteiger partial charge in [0, 0.05) is 29.9 Å². The zero-order valence-electron chi connectivity index (χ0n) is 13.1. The second kappa shape index (κ2) is 6.85. The zero-order chi connectivity index (χ0) is 16.4. The Bertz CT molecular complexity index is 717. The quantitative estimate of drug-likeness (QED) is 0.782. The summed E-state index contributed by atoms with van der Waals surface area (Å²) in [6.45, 7) is 0.574.